The Bertz CT molecular complexity index is 741. The summed E-state index contributed by atoms with van der Waals surface area (Å²) in [6, 6.07) is 16.3. The van der Waals surface area contributed by atoms with Gasteiger partial charge in [-0.05, 0) is 43.4 Å². The Morgan fingerprint density at radius 1 is 1.07 bits per heavy atom. The molecule has 2 heterocycles. The van der Waals surface area contributed by atoms with Crippen LogP contribution in [0.5, 0.6) is 0 Å². The summed E-state index contributed by atoms with van der Waals surface area (Å²) < 4.78 is 6.09. The third-order valence-corrected chi connectivity index (χ3v) is 6.05. The highest BCUT2D eigenvalue weighted by molar-refractivity contribution is 5.88. The Hall–Kier alpha value is -2.20. The Morgan fingerprint density at radius 3 is 2.59 bits per heavy atom. The van der Waals surface area contributed by atoms with Gasteiger partial charge in [0.1, 0.15) is 0 Å². The molecule has 142 valence electrons. The van der Waals surface area contributed by atoms with Crippen LogP contribution in [0.15, 0.2) is 54.7 Å². The molecule has 0 spiro atoms. The average molecular weight is 364 g/mol. The molecule has 1 amide bonds. The predicted molar refractivity (Wildman–Crippen MR) is 105 cm³/mol. The van der Waals surface area contributed by atoms with Crippen molar-refractivity contribution in [3.8, 4) is 0 Å². The molecule has 1 atom stereocenters. The number of likely N-dealkylation sites (tertiary alicyclic amines) is 1. The highest BCUT2D eigenvalue weighted by Gasteiger charge is 2.45. The summed E-state index contributed by atoms with van der Waals surface area (Å²) in [6.45, 7) is 2.05. The number of carbonyl (C=O) groups is 1. The molecule has 1 aromatic carbocycles. The molecular formula is C23H28N2O2. The molecule has 4 heteroatoms. The van der Waals surface area contributed by atoms with E-state index in [0.717, 1.165) is 50.8 Å². The molecule has 0 N–H and O–H groups in total. The highest BCUT2D eigenvalue weighted by Crippen LogP contribution is 2.43. The summed E-state index contributed by atoms with van der Waals surface area (Å²) in [6.07, 6.45) is 8.09. The van der Waals surface area contributed by atoms with E-state index in [2.05, 4.69) is 34.1 Å². The fourth-order valence-corrected chi connectivity index (χ4v) is 4.61. The first-order valence-corrected chi connectivity index (χ1v) is 10.1. The maximum atomic E-state index is 13.6. The van der Waals surface area contributed by atoms with Gasteiger partial charge in [0.25, 0.3) is 0 Å². The monoisotopic (exact) mass is 364 g/mol. The van der Waals surface area contributed by atoms with Crippen LogP contribution in [0.2, 0.25) is 0 Å². The number of nitrogens with zero attached hydrogens (tertiary/aromatic N) is 2. The summed E-state index contributed by atoms with van der Waals surface area (Å²) in [4.78, 5) is 20.0. The zero-order chi connectivity index (χ0) is 18.5. The van der Waals surface area contributed by atoms with Gasteiger partial charge in [-0.15, -0.1) is 0 Å². The largest absolute Gasteiger partial charge is 0.370 e. The number of benzene rings is 1. The van der Waals surface area contributed by atoms with Gasteiger partial charge in [0, 0.05) is 19.3 Å². The van der Waals surface area contributed by atoms with Crippen molar-refractivity contribution in [3.05, 3.63) is 66.0 Å². The van der Waals surface area contributed by atoms with Crippen LogP contribution < -0.4 is 0 Å². The minimum absolute atomic E-state index is 0.0962. The number of ether oxygens (including phenoxy) is 1. The Morgan fingerprint density at radius 2 is 1.85 bits per heavy atom. The normalized spacial score (nSPS) is 21.9. The molecule has 1 aliphatic carbocycles. The van der Waals surface area contributed by atoms with Crippen molar-refractivity contribution < 1.29 is 9.53 Å². The molecule has 2 aromatic rings. The molecule has 1 unspecified atom stereocenters. The molecule has 4 rings (SSSR count). The maximum Gasteiger partial charge on any atom is 0.233 e. The number of hydrogen-bond acceptors (Lipinski definition) is 3. The molecular weight excluding hydrogens is 336 g/mol. The number of aromatic nitrogens is 1. The van der Waals surface area contributed by atoms with Gasteiger partial charge in [0.15, 0.2) is 0 Å². The van der Waals surface area contributed by atoms with Crippen LogP contribution in [0.4, 0.5) is 0 Å². The lowest BCUT2D eigenvalue weighted by molar-refractivity contribution is -0.141. The lowest BCUT2D eigenvalue weighted by Crippen LogP contribution is -2.51. The quantitative estimate of drug-likeness (QED) is 0.802. The molecule has 1 saturated heterocycles. The van der Waals surface area contributed by atoms with Crippen LogP contribution in [0.25, 0.3) is 0 Å². The molecule has 27 heavy (non-hydrogen) atoms. The van der Waals surface area contributed by atoms with Gasteiger partial charge in [-0.2, -0.15) is 0 Å². The predicted octanol–water partition coefficient (Wildman–Crippen LogP) is 4.10. The summed E-state index contributed by atoms with van der Waals surface area (Å²) in [5, 5.41) is 0. The van der Waals surface area contributed by atoms with Crippen LogP contribution >= 0.6 is 0 Å². The van der Waals surface area contributed by atoms with Crippen LogP contribution in [0.3, 0.4) is 0 Å². The van der Waals surface area contributed by atoms with Crippen molar-refractivity contribution in [1.29, 1.82) is 0 Å². The van der Waals surface area contributed by atoms with Crippen molar-refractivity contribution in [2.75, 3.05) is 13.1 Å². The molecule has 0 bridgehead atoms. The van der Waals surface area contributed by atoms with E-state index >= 15 is 0 Å². The van der Waals surface area contributed by atoms with E-state index in [-0.39, 0.29) is 11.5 Å². The lowest BCUT2D eigenvalue weighted by Gasteiger charge is -2.39. The number of hydrogen-bond donors (Lipinski definition) is 0. The number of piperidine rings is 1. The van der Waals surface area contributed by atoms with Gasteiger partial charge < -0.3 is 9.64 Å². The first-order valence-electron chi connectivity index (χ1n) is 10.1. The van der Waals surface area contributed by atoms with Gasteiger partial charge in [-0.3, -0.25) is 9.78 Å². The first-order chi connectivity index (χ1) is 13.3. The minimum atomic E-state index is -0.329. The van der Waals surface area contributed by atoms with Crippen LogP contribution in [0, 0.1) is 0 Å². The second kappa shape index (κ2) is 8.22. The fraction of sp³-hybridized carbons (Fsp3) is 0.478. The van der Waals surface area contributed by atoms with Gasteiger partial charge >= 0.3 is 0 Å². The number of carbonyl (C=O) groups excluding carboxylic acids is 1. The topological polar surface area (TPSA) is 42.4 Å². The summed E-state index contributed by atoms with van der Waals surface area (Å²) >= 11 is 0. The third kappa shape index (κ3) is 3.91. The molecule has 4 nitrogen and oxygen atoms in total. The maximum absolute atomic E-state index is 13.6. The summed E-state index contributed by atoms with van der Waals surface area (Å²) in [7, 11) is 0. The van der Waals surface area contributed by atoms with Crippen molar-refractivity contribution in [3.63, 3.8) is 0 Å². The van der Waals surface area contributed by atoms with Gasteiger partial charge in [-0.1, -0.05) is 49.2 Å². The molecule has 1 aromatic heterocycles. The summed E-state index contributed by atoms with van der Waals surface area (Å²) in [5.74, 6) is 0.303. The Kier molecular flexibility index (Phi) is 5.53. The van der Waals surface area contributed by atoms with Gasteiger partial charge in [-0.25, -0.2) is 0 Å². The number of amides is 1. The smallest absolute Gasteiger partial charge is 0.233 e. The average Bonchev–Trinajstić information content (AvgIpc) is 3.24. The van der Waals surface area contributed by atoms with E-state index in [9.17, 15) is 4.79 Å². The van der Waals surface area contributed by atoms with E-state index in [0.29, 0.717) is 19.1 Å². The van der Waals surface area contributed by atoms with Crippen molar-refractivity contribution in [2.45, 2.75) is 56.7 Å². The van der Waals surface area contributed by atoms with E-state index in [1.54, 1.807) is 6.20 Å². The fourth-order valence-electron chi connectivity index (χ4n) is 4.61. The number of pyridine rings is 1. The lowest BCUT2D eigenvalue weighted by atomic mass is 9.77. The molecule has 1 saturated carbocycles. The van der Waals surface area contributed by atoms with Crippen molar-refractivity contribution in [2.24, 2.45) is 0 Å². The van der Waals surface area contributed by atoms with E-state index in [1.165, 1.54) is 5.56 Å². The molecule has 2 aliphatic rings. The van der Waals surface area contributed by atoms with Gasteiger partial charge in [0.2, 0.25) is 5.91 Å². The second-order valence-electron chi connectivity index (χ2n) is 7.80. The Balaban J connectivity index is 1.44. The molecule has 0 radical (unpaired) electrons. The number of rotatable bonds is 5. The highest BCUT2D eigenvalue weighted by atomic mass is 16.5. The zero-order valence-electron chi connectivity index (χ0n) is 15.8. The second-order valence-corrected chi connectivity index (χ2v) is 7.80. The van der Waals surface area contributed by atoms with Gasteiger partial charge in [0.05, 0.1) is 23.8 Å². The van der Waals surface area contributed by atoms with E-state index < -0.39 is 0 Å². The minimum Gasteiger partial charge on any atom is -0.370 e. The first kappa shape index (κ1) is 18.2. The van der Waals surface area contributed by atoms with E-state index in [4.69, 9.17) is 4.74 Å². The molecule has 2 fully saturated rings. The summed E-state index contributed by atoms with van der Waals surface area (Å²) in [5.41, 5.74) is 1.80. The standard InChI is InChI=1S/C23H28N2O2/c26-22(23(13-5-6-14-23)19-9-2-1-3-10-19)25-16-8-12-21(17-25)27-18-20-11-4-7-15-24-20/h1-4,7,9-11,15,21H,5-6,8,12-14,16-18H2. The zero-order valence-corrected chi connectivity index (χ0v) is 15.8. The van der Waals surface area contributed by atoms with Crippen LogP contribution in [0.1, 0.15) is 49.8 Å². The third-order valence-electron chi connectivity index (χ3n) is 6.05. The van der Waals surface area contributed by atoms with E-state index in [1.807, 2.05) is 24.3 Å². The Labute approximate surface area is 161 Å². The van der Waals surface area contributed by atoms with Crippen LogP contribution in [-0.4, -0.2) is 35.0 Å². The van der Waals surface area contributed by atoms with Crippen molar-refractivity contribution >= 4 is 5.91 Å². The molecule has 1 aliphatic heterocycles. The SMILES string of the molecule is O=C(N1CCCC(OCc2ccccn2)C1)C1(c2ccccc2)CCCC1. The van der Waals surface area contributed by atoms with Crippen molar-refractivity contribution in [1.82, 2.24) is 9.88 Å². The van der Waals surface area contributed by atoms with Crippen LogP contribution in [-0.2, 0) is 21.6 Å².